The van der Waals surface area contributed by atoms with Gasteiger partial charge in [0.05, 0.1) is 0 Å². The molecular weight excluding hydrogens is 196 g/mol. The molecule has 14 heavy (non-hydrogen) atoms. The molecule has 2 rings (SSSR count). The highest BCUT2D eigenvalue weighted by Crippen LogP contribution is 2.23. The Kier molecular flexibility index (Phi) is 2.25. The predicted molar refractivity (Wildman–Crippen MR) is 53.9 cm³/mol. The molecule has 0 saturated carbocycles. The van der Waals surface area contributed by atoms with Crippen molar-refractivity contribution < 1.29 is 4.42 Å². The van der Waals surface area contributed by atoms with Crippen LogP contribution in [0, 0.1) is 11.3 Å². The van der Waals surface area contributed by atoms with Crippen LogP contribution >= 0.6 is 12.6 Å². The molecule has 1 heterocycles. The summed E-state index contributed by atoms with van der Waals surface area (Å²) in [6, 6.07) is 11.3. The summed E-state index contributed by atoms with van der Waals surface area (Å²) >= 11 is 4.00. The molecule has 0 aliphatic heterocycles. The van der Waals surface area contributed by atoms with Gasteiger partial charge >= 0.3 is 0 Å². The van der Waals surface area contributed by atoms with Crippen LogP contribution in [0.1, 0.15) is 5.69 Å². The summed E-state index contributed by atoms with van der Waals surface area (Å²) in [5.74, 6) is 0.423. The van der Waals surface area contributed by atoms with Gasteiger partial charge in [0.2, 0.25) is 5.89 Å². The normalized spacial score (nSPS) is 9.71. The van der Waals surface area contributed by atoms with E-state index < -0.39 is 0 Å². The number of hydrogen-bond acceptors (Lipinski definition) is 4. The molecule has 0 saturated heterocycles. The summed E-state index contributed by atoms with van der Waals surface area (Å²) in [5.41, 5.74) is 1.05. The average Bonchev–Trinajstić information content (AvgIpc) is 2.61. The number of benzene rings is 1. The summed E-state index contributed by atoms with van der Waals surface area (Å²) in [4.78, 5) is 3.99. The molecule has 0 bridgehead atoms. The lowest BCUT2D eigenvalue weighted by molar-refractivity contribution is 0.485. The maximum Gasteiger partial charge on any atom is 0.228 e. The molecule has 0 radical (unpaired) electrons. The van der Waals surface area contributed by atoms with Gasteiger partial charge in [-0.05, 0) is 12.1 Å². The van der Waals surface area contributed by atoms with E-state index in [1.807, 2.05) is 36.4 Å². The molecule has 4 heteroatoms. The third-order valence-corrected chi connectivity index (χ3v) is 2.04. The second-order valence-electron chi connectivity index (χ2n) is 2.65. The molecular formula is C10H6N2OS. The second-order valence-corrected chi connectivity index (χ2v) is 3.06. The Morgan fingerprint density at radius 3 is 2.57 bits per heavy atom. The minimum Gasteiger partial charge on any atom is -0.429 e. The topological polar surface area (TPSA) is 49.8 Å². The molecule has 0 fully saturated rings. The van der Waals surface area contributed by atoms with Crippen LogP contribution in [0.3, 0.4) is 0 Å². The zero-order chi connectivity index (χ0) is 9.97. The summed E-state index contributed by atoms with van der Waals surface area (Å²) in [7, 11) is 0. The molecule has 0 atom stereocenters. The first kappa shape index (κ1) is 8.85. The van der Waals surface area contributed by atoms with Crippen molar-refractivity contribution >= 4 is 12.6 Å². The number of rotatable bonds is 1. The molecule has 1 aromatic carbocycles. The van der Waals surface area contributed by atoms with Crippen LogP contribution in [0.25, 0.3) is 11.5 Å². The van der Waals surface area contributed by atoms with E-state index in [0.29, 0.717) is 5.89 Å². The van der Waals surface area contributed by atoms with Gasteiger partial charge in [0.15, 0.2) is 10.8 Å². The highest BCUT2D eigenvalue weighted by Gasteiger charge is 2.10. The predicted octanol–water partition coefficient (Wildman–Crippen LogP) is 2.50. The van der Waals surface area contributed by atoms with Crippen LogP contribution in [0.2, 0.25) is 0 Å². The monoisotopic (exact) mass is 202 g/mol. The van der Waals surface area contributed by atoms with Gasteiger partial charge in [-0.3, -0.25) is 0 Å². The Hall–Kier alpha value is -1.73. The van der Waals surface area contributed by atoms with E-state index in [1.54, 1.807) is 0 Å². The SMILES string of the molecule is N#Cc1nc(-c2ccccc2)oc1S. The van der Waals surface area contributed by atoms with Gasteiger partial charge in [-0.15, -0.1) is 12.6 Å². The Morgan fingerprint density at radius 1 is 1.29 bits per heavy atom. The molecule has 0 N–H and O–H groups in total. The van der Waals surface area contributed by atoms with Crippen molar-refractivity contribution in [1.29, 1.82) is 5.26 Å². The summed E-state index contributed by atoms with van der Waals surface area (Å²) in [6.07, 6.45) is 0. The standard InChI is InChI=1S/C10H6N2OS/c11-6-8-10(14)13-9(12-8)7-4-2-1-3-5-7/h1-5,14H. The number of aromatic nitrogens is 1. The van der Waals surface area contributed by atoms with Crippen LogP contribution in [0.4, 0.5) is 0 Å². The third-order valence-electron chi connectivity index (χ3n) is 1.74. The largest absolute Gasteiger partial charge is 0.429 e. The summed E-state index contributed by atoms with van der Waals surface area (Å²) in [6.45, 7) is 0. The fourth-order valence-electron chi connectivity index (χ4n) is 1.09. The van der Waals surface area contributed by atoms with Crippen molar-refractivity contribution in [3.05, 3.63) is 36.0 Å². The smallest absolute Gasteiger partial charge is 0.228 e. The third kappa shape index (κ3) is 1.50. The van der Waals surface area contributed by atoms with Gasteiger partial charge < -0.3 is 4.42 Å². The van der Waals surface area contributed by atoms with E-state index in [9.17, 15) is 0 Å². The zero-order valence-corrected chi connectivity index (χ0v) is 8.03. The minimum atomic E-state index is 0.215. The molecule has 0 aliphatic carbocycles. The summed E-state index contributed by atoms with van der Waals surface area (Å²) in [5, 5.41) is 8.91. The lowest BCUT2D eigenvalue weighted by Crippen LogP contribution is -1.77. The van der Waals surface area contributed by atoms with Gasteiger partial charge in [-0.2, -0.15) is 10.2 Å². The van der Waals surface area contributed by atoms with E-state index in [4.69, 9.17) is 9.68 Å². The highest BCUT2D eigenvalue weighted by molar-refractivity contribution is 7.80. The van der Waals surface area contributed by atoms with E-state index in [2.05, 4.69) is 17.6 Å². The van der Waals surface area contributed by atoms with Crippen molar-refractivity contribution in [2.75, 3.05) is 0 Å². The van der Waals surface area contributed by atoms with Gasteiger partial charge in [-0.1, -0.05) is 18.2 Å². The Morgan fingerprint density at radius 2 is 2.00 bits per heavy atom. The highest BCUT2D eigenvalue weighted by atomic mass is 32.1. The fourth-order valence-corrected chi connectivity index (χ4v) is 1.28. The van der Waals surface area contributed by atoms with Crippen molar-refractivity contribution in [3.63, 3.8) is 0 Å². The van der Waals surface area contributed by atoms with Gasteiger partial charge in [0, 0.05) is 5.56 Å². The molecule has 0 aliphatic rings. The molecule has 3 nitrogen and oxygen atoms in total. The fraction of sp³-hybridized carbons (Fsp3) is 0. The average molecular weight is 202 g/mol. The van der Waals surface area contributed by atoms with Crippen molar-refractivity contribution in [2.24, 2.45) is 0 Å². The molecule has 68 valence electrons. The number of oxazole rings is 1. The first-order valence-electron chi connectivity index (χ1n) is 3.96. The van der Waals surface area contributed by atoms with Crippen LogP contribution in [-0.4, -0.2) is 4.98 Å². The Bertz CT molecular complexity index is 485. The first-order chi connectivity index (χ1) is 6.81. The molecule has 0 amide bonds. The number of thiol groups is 1. The minimum absolute atomic E-state index is 0.215. The molecule has 0 unspecified atom stereocenters. The maximum absolute atomic E-state index is 8.66. The first-order valence-corrected chi connectivity index (χ1v) is 4.41. The Labute approximate surface area is 86.4 Å². The van der Waals surface area contributed by atoms with Gasteiger partial charge in [0.25, 0.3) is 0 Å². The van der Waals surface area contributed by atoms with Crippen LogP contribution in [0.15, 0.2) is 39.8 Å². The molecule has 0 spiro atoms. The van der Waals surface area contributed by atoms with Crippen LogP contribution < -0.4 is 0 Å². The van der Waals surface area contributed by atoms with E-state index in [1.165, 1.54) is 0 Å². The van der Waals surface area contributed by atoms with Crippen molar-refractivity contribution in [2.45, 2.75) is 5.09 Å². The van der Waals surface area contributed by atoms with Crippen molar-refractivity contribution in [3.8, 4) is 17.5 Å². The molecule has 1 aromatic heterocycles. The Balaban J connectivity index is 2.50. The quantitative estimate of drug-likeness (QED) is 0.723. The maximum atomic E-state index is 8.66. The van der Waals surface area contributed by atoms with Crippen LogP contribution in [0.5, 0.6) is 0 Å². The molecule has 2 aromatic rings. The van der Waals surface area contributed by atoms with Crippen LogP contribution in [-0.2, 0) is 0 Å². The van der Waals surface area contributed by atoms with Gasteiger partial charge in [0.1, 0.15) is 6.07 Å². The second kappa shape index (κ2) is 3.56. The van der Waals surface area contributed by atoms with E-state index in [0.717, 1.165) is 5.56 Å². The van der Waals surface area contributed by atoms with E-state index in [-0.39, 0.29) is 10.8 Å². The summed E-state index contributed by atoms with van der Waals surface area (Å²) < 4.78 is 5.22. The zero-order valence-electron chi connectivity index (χ0n) is 7.14. The lowest BCUT2D eigenvalue weighted by atomic mass is 10.2. The number of nitrogens with zero attached hydrogens (tertiary/aromatic N) is 2. The van der Waals surface area contributed by atoms with E-state index >= 15 is 0 Å². The lowest BCUT2D eigenvalue weighted by Gasteiger charge is -1.91. The number of nitriles is 1. The van der Waals surface area contributed by atoms with Crippen molar-refractivity contribution in [1.82, 2.24) is 4.98 Å². The number of hydrogen-bond donors (Lipinski definition) is 1. The van der Waals surface area contributed by atoms with Gasteiger partial charge in [-0.25, -0.2) is 0 Å².